The van der Waals surface area contributed by atoms with E-state index in [1.165, 1.54) is 11.1 Å². The first-order valence-electron chi connectivity index (χ1n) is 12.1. The number of carboxylic acid groups (broad SMARTS) is 1. The Bertz CT molecular complexity index is 1030. The van der Waals surface area contributed by atoms with Gasteiger partial charge >= 0.3 is 12.1 Å². The Kier molecular flexibility index (Phi) is 8.02. The second kappa shape index (κ2) is 11.4. The molecule has 3 unspecified atom stereocenters. The Labute approximate surface area is 205 Å². The summed E-state index contributed by atoms with van der Waals surface area (Å²) in [5.41, 5.74) is 4.65. The normalized spacial score (nSPS) is 19.8. The molecule has 8 nitrogen and oxygen atoms in total. The molecular weight excluding hydrogens is 448 g/mol. The largest absolute Gasteiger partial charge is 0.481 e. The van der Waals surface area contributed by atoms with Gasteiger partial charge in [0.1, 0.15) is 6.61 Å². The van der Waals surface area contributed by atoms with Crippen LogP contribution in [0.25, 0.3) is 11.1 Å². The lowest BCUT2D eigenvalue weighted by molar-refractivity contribution is -0.140. The SMILES string of the molecule is CC(CCC(=O)NC1CCOCC1CC(=O)O)NC(=O)OCC1c2ccccc2-c2ccccc21. The summed E-state index contributed by atoms with van der Waals surface area (Å²) in [5.74, 6) is -1.30. The summed E-state index contributed by atoms with van der Waals surface area (Å²) in [5, 5.41) is 14.8. The average Bonchev–Trinajstić information content (AvgIpc) is 3.16. The van der Waals surface area contributed by atoms with Crippen molar-refractivity contribution in [2.24, 2.45) is 5.92 Å². The maximum absolute atomic E-state index is 12.4. The van der Waals surface area contributed by atoms with Crippen molar-refractivity contribution in [3.05, 3.63) is 59.7 Å². The summed E-state index contributed by atoms with van der Waals surface area (Å²) in [7, 11) is 0. The average molecular weight is 481 g/mol. The molecule has 8 heteroatoms. The van der Waals surface area contributed by atoms with Gasteiger partial charge in [-0.3, -0.25) is 9.59 Å². The lowest BCUT2D eigenvalue weighted by Crippen LogP contribution is -2.46. The van der Waals surface area contributed by atoms with Crippen molar-refractivity contribution in [2.75, 3.05) is 19.8 Å². The van der Waals surface area contributed by atoms with E-state index in [1.807, 2.05) is 31.2 Å². The molecule has 2 aliphatic rings. The number of carbonyl (C=O) groups excluding carboxylic acids is 2. The van der Waals surface area contributed by atoms with Crippen LogP contribution in [0.4, 0.5) is 4.79 Å². The zero-order chi connectivity index (χ0) is 24.8. The highest BCUT2D eigenvalue weighted by molar-refractivity contribution is 5.79. The van der Waals surface area contributed by atoms with Crippen molar-refractivity contribution in [1.82, 2.24) is 10.6 Å². The Morgan fingerprint density at radius 1 is 1.09 bits per heavy atom. The molecule has 0 bridgehead atoms. The summed E-state index contributed by atoms with van der Waals surface area (Å²) in [6, 6.07) is 15.9. The fraction of sp³-hybridized carbons (Fsp3) is 0.444. The zero-order valence-corrected chi connectivity index (χ0v) is 19.9. The summed E-state index contributed by atoms with van der Waals surface area (Å²) in [6.45, 7) is 2.90. The zero-order valence-electron chi connectivity index (χ0n) is 19.9. The minimum Gasteiger partial charge on any atom is -0.481 e. The van der Waals surface area contributed by atoms with Crippen LogP contribution in [0, 0.1) is 5.92 Å². The number of ether oxygens (including phenoxy) is 2. The number of hydrogen-bond donors (Lipinski definition) is 3. The summed E-state index contributed by atoms with van der Waals surface area (Å²) < 4.78 is 10.9. The van der Waals surface area contributed by atoms with E-state index in [0.29, 0.717) is 26.1 Å². The minimum absolute atomic E-state index is 0.00699. The summed E-state index contributed by atoms with van der Waals surface area (Å²) >= 11 is 0. The number of hydrogen-bond acceptors (Lipinski definition) is 5. The lowest BCUT2D eigenvalue weighted by atomic mass is 9.92. The number of aliphatic carboxylic acids is 1. The predicted molar refractivity (Wildman–Crippen MR) is 130 cm³/mol. The summed E-state index contributed by atoms with van der Waals surface area (Å²) in [4.78, 5) is 35.9. The molecule has 1 saturated heterocycles. The van der Waals surface area contributed by atoms with E-state index < -0.39 is 12.1 Å². The van der Waals surface area contributed by atoms with Gasteiger partial charge in [-0.2, -0.15) is 0 Å². The molecule has 4 rings (SSSR count). The Morgan fingerprint density at radius 3 is 2.40 bits per heavy atom. The standard InChI is InChI=1S/C27H32N2O6/c1-17(10-11-25(30)29-24-12-13-34-15-18(24)14-26(31)32)28-27(33)35-16-23-21-8-4-2-6-19(21)20-7-3-5-9-22(20)23/h2-9,17-18,23-24H,10-16H2,1H3,(H,28,33)(H,29,30)(H,31,32). The van der Waals surface area contributed by atoms with Gasteiger partial charge in [-0.25, -0.2) is 4.79 Å². The Morgan fingerprint density at radius 2 is 1.74 bits per heavy atom. The molecule has 1 heterocycles. The minimum atomic E-state index is -0.902. The van der Waals surface area contributed by atoms with Crippen molar-refractivity contribution in [2.45, 2.75) is 50.6 Å². The van der Waals surface area contributed by atoms with E-state index in [9.17, 15) is 14.4 Å². The van der Waals surface area contributed by atoms with Gasteiger partial charge in [0, 0.05) is 36.9 Å². The molecule has 3 N–H and O–H groups in total. The van der Waals surface area contributed by atoms with Crippen molar-refractivity contribution >= 4 is 18.0 Å². The second-order valence-electron chi connectivity index (χ2n) is 9.31. The number of rotatable bonds is 9. The molecule has 0 radical (unpaired) electrons. The third-order valence-electron chi connectivity index (χ3n) is 6.77. The topological polar surface area (TPSA) is 114 Å². The van der Waals surface area contributed by atoms with E-state index in [1.54, 1.807) is 0 Å². The smallest absolute Gasteiger partial charge is 0.407 e. The highest BCUT2D eigenvalue weighted by atomic mass is 16.5. The number of fused-ring (bicyclic) bond motifs is 3. The molecule has 2 amide bonds. The quantitative estimate of drug-likeness (QED) is 0.504. The van der Waals surface area contributed by atoms with E-state index in [-0.39, 0.29) is 49.3 Å². The molecule has 0 aromatic heterocycles. The van der Waals surface area contributed by atoms with E-state index in [2.05, 4.69) is 34.9 Å². The van der Waals surface area contributed by atoms with Gasteiger partial charge < -0.3 is 25.2 Å². The van der Waals surface area contributed by atoms with Crippen LogP contribution in [0.3, 0.4) is 0 Å². The predicted octanol–water partition coefficient (Wildman–Crippen LogP) is 3.69. The van der Waals surface area contributed by atoms with Crippen LogP contribution in [-0.4, -0.2) is 55.0 Å². The fourth-order valence-corrected chi connectivity index (χ4v) is 4.95. The molecular formula is C27H32N2O6. The maximum atomic E-state index is 12.4. The van der Waals surface area contributed by atoms with Gasteiger partial charge in [0.05, 0.1) is 13.0 Å². The van der Waals surface area contributed by atoms with Gasteiger partial charge in [-0.1, -0.05) is 48.5 Å². The maximum Gasteiger partial charge on any atom is 0.407 e. The van der Waals surface area contributed by atoms with Crippen molar-refractivity contribution in [3.63, 3.8) is 0 Å². The van der Waals surface area contributed by atoms with Crippen LogP contribution >= 0.6 is 0 Å². The van der Waals surface area contributed by atoms with Crippen LogP contribution in [0.5, 0.6) is 0 Å². The molecule has 0 saturated carbocycles. The molecule has 1 aliphatic carbocycles. The number of alkyl carbamates (subject to hydrolysis) is 1. The van der Waals surface area contributed by atoms with Gasteiger partial charge in [0.15, 0.2) is 0 Å². The monoisotopic (exact) mass is 480 g/mol. The van der Waals surface area contributed by atoms with Crippen LogP contribution in [0.2, 0.25) is 0 Å². The molecule has 1 aliphatic heterocycles. The molecule has 35 heavy (non-hydrogen) atoms. The first-order valence-corrected chi connectivity index (χ1v) is 12.1. The van der Waals surface area contributed by atoms with Crippen molar-refractivity contribution < 1.29 is 29.0 Å². The number of benzene rings is 2. The van der Waals surface area contributed by atoms with Gasteiger partial charge in [0.25, 0.3) is 0 Å². The second-order valence-corrected chi connectivity index (χ2v) is 9.31. The molecule has 186 valence electrons. The fourth-order valence-electron chi connectivity index (χ4n) is 4.95. The third-order valence-corrected chi connectivity index (χ3v) is 6.77. The van der Waals surface area contributed by atoms with Crippen LogP contribution in [0.15, 0.2) is 48.5 Å². The third kappa shape index (κ3) is 6.19. The lowest BCUT2D eigenvalue weighted by Gasteiger charge is -2.31. The molecule has 2 aromatic rings. The molecule has 3 atom stereocenters. The number of carbonyl (C=O) groups is 3. The van der Waals surface area contributed by atoms with Crippen molar-refractivity contribution in [3.8, 4) is 11.1 Å². The Hall–Kier alpha value is -3.39. The first kappa shape index (κ1) is 24.7. The van der Waals surface area contributed by atoms with Crippen LogP contribution in [0.1, 0.15) is 49.7 Å². The van der Waals surface area contributed by atoms with Gasteiger partial charge in [-0.15, -0.1) is 0 Å². The van der Waals surface area contributed by atoms with E-state index in [4.69, 9.17) is 14.6 Å². The number of carboxylic acids is 1. The first-order chi connectivity index (χ1) is 16.9. The van der Waals surface area contributed by atoms with Crippen molar-refractivity contribution in [1.29, 1.82) is 0 Å². The van der Waals surface area contributed by atoms with Gasteiger partial charge in [0.2, 0.25) is 5.91 Å². The van der Waals surface area contributed by atoms with Gasteiger partial charge in [-0.05, 0) is 42.0 Å². The van der Waals surface area contributed by atoms with E-state index in [0.717, 1.165) is 11.1 Å². The number of amides is 2. The molecule has 0 spiro atoms. The molecule has 2 aromatic carbocycles. The Balaban J connectivity index is 1.22. The van der Waals surface area contributed by atoms with E-state index >= 15 is 0 Å². The van der Waals surface area contributed by atoms with Crippen LogP contribution in [-0.2, 0) is 19.1 Å². The highest BCUT2D eigenvalue weighted by Crippen LogP contribution is 2.44. The van der Waals surface area contributed by atoms with Crippen LogP contribution < -0.4 is 10.6 Å². The number of nitrogens with one attached hydrogen (secondary N) is 2. The summed E-state index contributed by atoms with van der Waals surface area (Å²) in [6.07, 6.45) is 0.720. The highest BCUT2D eigenvalue weighted by Gasteiger charge is 2.30. The molecule has 1 fully saturated rings.